The van der Waals surface area contributed by atoms with E-state index in [1.54, 1.807) is 11.3 Å². The fourth-order valence-electron chi connectivity index (χ4n) is 2.85. The number of nitrogens with one attached hydrogen (secondary N) is 3. The number of aromatic nitrogens is 2. The van der Waals surface area contributed by atoms with E-state index in [1.807, 2.05) is 36.4 Å². The predicted octanol–water partition coefficient (Wildman–Crippen LogP) is 4.59. The monoisotopic (exact) mass is 452 g/mol. The lowest BCUT2D eigenvalue weighted by Gasteiger charge is -2.14. The molecule has 0 saturated heterocycles. The molecule has 2 aromatic heterocycles. The Morgan fingerprint density at radius 1 is 1.16 bits per heavy atom. The van der Waals surface area contributed by atoms with Crippen molar-refractivity contribution >= 4 is 56.1 Å². The van der Waals surface area contributed by atoms with Crippen LogP contribution < -0.4 is 20.9 Å². The first-order valence-electron chi connectivity index (χ1n) is 9.00. The highest BCUT2D eigenvalue weighted by molar-refractivity contribution is 7.80. The number of nitro benzene ring substituents is 1. The van der Waals surface area contributed by atoms with E-state index >= 15 is 0 Å². The van der Waals surface area contributed by atoms with Crippen molar-refractivity contribution in [3.05, 3.63) is 71.0 Å². The third kappa shape index (κ3) is 4.52. The van der Waals surface area contributed by atoms with E-state index in [2.05, 4.69) is 26.1 Å². The molecule has 31 heavy (non-hydrogen) atoms. The highest BCUT2D eigenvalue weighted by atomic mass is 32.1. The van der Waals surface area contributed by atoms with Gasteiger partial charge in [0.2, 0.25) is 0 Å². The predicted molar refractivity (Wildman–Crippen MR) is 125 cm³/mol. The highest BCUT2D eigenvalue weighted by Gasteiger charge is 2.13. The Morgan fingerprint density at radius 3 is 2.71 bits per heavy atom. The van der Waals surface area contributed by atoms with Crippen LogP contribution in [-0.4, -0.2) is 27.1 Å². The van der Waals surface area contributed by atoms with Crippen molar-refractivity contribution < 1.29 is 9.66 Å². The van der Waals surface area contributed by atoms with Crippen LogP contribution in [0.25, 0.3) is 20.7 Å². The van der Waals surface area contributed by atoms with Gasteiger partial charge in [-0.3, -0.25) is 21.0 Å². The molecule has 0 radical (unpaired) electrons. The van der Waals surface area contributed by atoms with E-state index in [0.717, 1.165) is 20.7 Å². The summed E-state index contributed by atoms with van der Waals surface area (Å²) in [5, 5.41) is 14.1. The molecule has 0 amide bonds. The number of hydrogen-bond donors (Lipinski definition) is 3. The van der Waals surface area contributed by atoms with Gasteiger partial charge in [0.15, 0.2) is 10.9 Å². The van der Waals surface area contributed by atoms with Crippen molar-refractivity contribution in [2.75, 3.05) is 17.9 Å². The van der Waals surface area contributed by atoms with Gasteiger partial charge in [-0.15, -0.1) is 11.3 Å². The fraction of sp³-hybridized carbons (Fsp3) is 0.0500. The van der Waals surface area contributed by atoms with Crippen LogP contribution in [0, 0.1) is 10.1 Å². The van der Waals surface area contributed by atoms with Crippen LogP contribution in [0.15, 0.2) is 60.9 Å². The second-order valence-electron chi connectivity index (χ2n) is 6.26. The Bertz CT molecular complexity index is 1260. The van der Waals surface area contributed by atoms with Crippen molar-refractivity contribution in [1.29, 1.82) is 0 Å². The fourth-order valence-corrected chi connectivity index (χ4v) is 4.08. The van der Waals surface area contributed by atoms with Gasteiger partial charge in [0.25, 0.3) is 5.69 Å². The van der Waals surface area contributed by atoms with Gasteiger partial charge in [0, 0.05) is 10.9 Å². The summed E-state index contributed by atoms with van der Waals surface area (Å²) in [6, 6.07) is 16.3. The van der Waals surface area contributed by atoms with Gasteiger partial charge in [0.05, 0.1) is 34.0 Å². The molecule has 2 heterocycles. The summed E-state index contributed by atoms with van der Waals surface area (Å²) in [6.45, 7) is 0. The number of non-ortho nitro benzene ring substituents is 1. The summed E-state index contributed by atoms with van der Waals surface area (Å²) in [7, 11) is 1.43. The minimum Gasteiger partial charge on any atom is -0.494 e. The van der Waals surface area contributed by atoms with Crippen LogP contribution in [0.1, 0.15) is 0 Å². The standard InChI is InChI=1S/C20H16N6O3S2/c1-29-16-9-13(26(27)28)7-8-14(16)23-20(30)25-24-19-18-15(21-11-22-19)10-17(31-18)12-5-3-2-4-6-12/h2-11H,1H3,(H,21,22,24)(H2,23,25,30). The molecule has 0 fully saturated rings. The van der Waals surface area contributed by atoms with Crippen LogP contribution >= 0.6 is 23.6 Å². The number of ether oxygens (including phenoxy) is 1. The van der Waals surface area contributed by atoms with Gasteiger partial charge < -0.3 is 10.1 Å². The number of thiophene rings is 1. The molecule has 4 rings (SSSR count). The maximum atomic E-state index is 10.9. The average molecular weight is 453 g/mol. The van der Waals surface area contributed by atoms with Crippen LogP contribution in [0.2, 0.25) is 0 Å². The van der Waals surface area contributed by atoms with Gasteiger partial charge in [0.1, 0.15) is 12.1 Å². The van der Waals surface area contributed by atoms with E-state index in [-0.39, 0.29) is 10.8 Å². The minimum atomic E-state index is -0.491. The normalized spacial score (nSPS) is 10.5. The summed E-state index contributed by atoms with van der Waals surface area (Å²) in [5.41, 5.74) is 8.21. The van der Waals surface area contributed by atoms with E-state index in [9.17, 15) is 10.1 Å². The molecule has 3 N–H and O–H groups in total. The molecule has 9 nitrogen and oxygen atoms in total. The molecule has 0 aliphatic rings. The number of rotatable bonds is 6. The van der Waals surface area contributed by atoms with E-state index in [0.29, 0.717) is 17.3 Å². The number of thiocarbonyl (C=S) groups is 1. The molecule has 0 aliphatic heterocycles. The second kappa shape index (κ2) is 8.90. The van der Waals surface area contributed by atoms with E-state index in [4.69, 9.17) is 17.0 Å². The lowest BCUT2D eigenvalue weighted by molar-refractivity contribution is -0.384. The summed E-state index contributed by atoms with van der Waals surface area (Å²) in [6.07, 6.45) is 1.48. The molecule has 156 valence electrons. The number of methoxy groups -OCH3 is 1. The zero-order chi connectivity index (χ0) is 21.8. The molecule has 0 aliphatic carbocycles. The van der Waals surface area contributed by atoms with Gasteiger partial charge >= 0.3 is 0 Å². The van der Waals surface area contributed by atoms with Gasteiger partial charge in [-0.05, 0) is 29.9 Å². The molecule has 0 bridgehead atoms. The Labute approximate surface area is 186 Å². The highest BCUT2D eigenvalue weighted by Crippen LogP contribution is 2.35. The Hall–Kier alpha value is -3.83. The molecule has 0 unspecified atom stereocenters. The number of nitro groups is 1. The van der Waals surface area contributed by atoms with Crippen LogP contribution in [0.4, 0.5) is 17.2 Å². The molecule has 0 spiro atoms. The summed E-state index contributed by atoms with van der Waals surface area (Å²) in [5.74, 6) is 0.880. The second-order valence-corrected chi connectivity index (χ2v) is 7.72. The van der Waals surface area contributed by atoms with Crippen molar-refractivity contribution in [2.45, 2.75) is 0 Å². The number of anilines is 2. The lowest BCUT2D eigenvalue weighted by Crippen LogP contribution is -2.33. The van der Waals surface area contributed by atoms with Crippen LogP contribution in [-0.2, 0) is 0 Å². The molecular formula is C20H16N6O3S2. The number of hydrogen-bond acceptors (Lipinski definition) is 8. The smallest absolute Gasteiger partial charge is 0.273 e. The number of hydrazine groups is 1. The summed E-state index contributed by atoms with van der Waals surface area (Å²) in [4.78, 5) is 20.2. The summed E-state index contributed by atoms with van der Waals surface area (Å²) >= 11 is 6.89. The topological polar surface area (TPSA) is 114 Å². The Balaban J connectivity index is 1.49. The third-order valence-corrected chi connectivity index (χ3v) is 5.69. The quantitative estimate of drug-likeness (QED) is 0.219. The van der Waals surface area contributed by atoms with Crippen molar-refractivity contribution in [2.24, 2.45) is 0 Å². The Morgan fingerprint density at radius 2 is 1.97 bits per heavy atom. The number of nitrogens with zero attached hydrogens (tertiary/aromatic N) is 3. The molecule has 4 aromatic rings. The summed E-state index contributed by atoms with van der Waals surface area (Å²) < 4.78 is 6.09. The van der Waals surface area contributed by atoms with E-state index in [1.165, 1.54) is 31.6 Å². The van der Waals surface area contributed by atoms with Crippen molar-refractivity contribution in [3.8, 4) is 16.2 Å². The minimum absolute atomic E-state index is 0.0744. The zero-order valence-electron chi connectivity index (χ0n) is 16.2. The zero-order valence-corrected chi connectivity index (χ0v) is 17.8. The molecule has 11 heteroatoms. The van der Waals surface area contributed by atoms with E-state index < -0.39 is 4.92 Å². The molecule has 0 saturated carbocycles. The van der Waals surface area contributed by atoms with Gasteiger partial charge in [-0.1, -0.05) is 30.3 Å². The largest absolute Gasteiger partial charge is 0.494 e. The van der Waals surface area contributed by atoms with Crippen molar-refractivity contribution in [3.63, 3.8) is 0 Å². The third-order valence-electron chi connectivity index (χ3n) is 4.31. The first-order valence-corrected chi connectivity index (χ1v) is 10.2. The van der Waals surface area contributed by atoms with Crippen LogP contribution in [0.3, 0.4) is 0 Å². The molecule has 2 aromatic carbocycles. The maximum absolute atomic E-state index is 10.9. The SMILES string of the molecule is COc1cc([N+](=O)[O-])ccc1NC(=S)NNc1ncnc2cc(-c3ccccc3)sc12. The van der Waals surface area contributed by atoms with Crippen LogP contribution in [0.5, 0.6) is 5.75 Å². The molecular weight excluding hydrogens is 436 g/mol. The first-order chi connectivity index (χ1) is 15.0. The Kier molecular flexibility index (Phi) is 5.87. The maximum Gasteiger partial charge on any atom is 0.273 e. The lowest BCUT2D eigenvalue weighted by atomic mass is 10.2. The number of fused-ring (bicyclic) bond motifs is 1. The number of benzene rings is 2. The van der Waals surface area contributed by atoms with Gasteiger partial charge in [-0.25, -0.2) is 9.97 Å². The van der Waals surface area contributed by atoms with Crippen molar-refractivity contribution in [1.82, 2.24) is 15.4 Å². The average Bonchev–Trinajstić information content (AvgIpc) is 3.23. The molecule has 0 atom stereocenters. The van der Waals surface area contributed by atoms with Gasteiger partial charge in [-0.2, -0.15) is 0 Å². The first kappa shape index (κ1) is 20.4.